The van der Waals surface area contributed by atoms with Gasteiger partial charge in [-0.2, -0.15) is 0 Å². The second kappa shape index (κ2) is 8.41. The van der Waals surface area contributed by atoms with Crippen LogP contribution in [0.25, 0.3) is 5.69 Å². The maximum absolute atomic E-state index is 12.5. The van der Waals surface area contributed by atoms with E-state index in [2.05, 4.69) is 16.8 Å². The van der Waals surface area contributed by atoms with Gasteiger partial charge in [0.15, 0.2) is 0 Å². The SMILES string of the molecule is CCN1C=C(Oc2ccc(-n3ccc(OCc4ccc(Cl)cn4)cc3=O)cc2)C1. The van der Waals surface area contributed by atoms with E-state index in [9.17, 15) is 4.79 Å². The normalized spacial score (nSPS) is 12.9. The second-order valence-corrected chi connectivity index (χ2v) is 7.02. The summed E-state index contributed by atoms with van der Waals surface area (Å²) in [5.74, 6) is 2.17. The van der Waals surface area contributed by atoms with Crippen molar-refractivity contribution >= 4 is 11.6 Å². The summed E-state index contributed by atoms with van der Waals surface area (Å²) < 4.78 is 13.0. The minimum atomic E-state index is -0.180. The molecule has 4 rings (SSSR count). The van der Waals surface area contributed by atoms with Gasteiger partial charge in [-0.25, -0.2) is 0 Å². The van der Waals surface area contributed by atoms with Crippen LogP contribution in [-0.2, 0) is 6.61 Å². The van der Waals surface area contributed by atoms with Crippen molar-refractivity contribution in [2.75, 3.05) is 13.1 Å². The summed E-state index contributed by atoms with van der Waals surface area (Å²) >= 11 is 5.82. The summed E-state index contributed by atoms with van der Waals surface area (Å²) in [6, 6.07) is 14.2. The molecule has 1 aromatic carbocycles. The lowest BCUT2D eigenvalue weighted by atomic mass is 10.2. The summed E-state index contributed by atoms with van der Waals surface area (Å²) in [5, 5.41) is 0.570. The number of halogens is 1. The second-order valence-electron chi connectivity index (χ2n) is 6.58. The third kappa shape index (κ3) is 4.60. The Hall–Kier alpha value is -3.25. The molecule has 0 amide bonds. The van der Waals surface area contributed by atoms with E-state index < -0.39 is 0 Å². The Bertz CT molecular complexity index is 1080. The summed E-state index contributed by atoms with van der Waals surface area (Å²) in [7, 11) is 0. The van der Waals surface area contributed by atoms with Crippen molar-refractivity contribution in [1.82, 2.24) is 14.5 Å². The van der Waals surface area contributed by atoms with Crippen LogP contribution in [0.3, 0.4) is 0 Å². The van der Waals surface area contributed by atoms with E-state index >= 15 is 0 Å². The smallest absolute Gasteiger partial charge is 0.258 e. The van der Waals surface area contributed by atoms with Crippen LogP contribution in [0.4, 0.5) is 0 Å². The molecule has 0 saturated carbocycles. The largest absolute Gasteiger partial charge is 0.487 e. The average molecular weight is 410 g/mol. The van der Waals surface area contributed by atoms with Gasteiger partial charge in [-0.15, -0.1) is 0 Å². The van der Waals surface area contributed by atoms with Crippen LogP contribution in [0.2, 0.25) is 5.02 Å². The number of benzene rings is 1. The summed E-state index contributed by atoms with van der Waals surface area (Å²) in [6.07, 6.45) is 5.25. The van der Waals surface area contributed by atoms with E-state index in [4.69, 9.17) is 21.1 Å². The van der Waals surface area contributed by atoms with Crippen LogP contribution in [-0.4, -0.2) is 27.5 Å². The predicted octanol–water partition coefficient (Wildman–Crippen LogP) is 4.02. The maximum atomic E-state index is 12.5. The van der Waals surface area contributed by atoms with Gasteiger partial charge in [0.1, 0.15) is 23.9 Å². The molecular weight excluding hydrogens is 390 g/mol. The van der Waals surface area contributed by atoms with Gasteiger partial charge in [-0.05, 0) is 49.4 Å². The van der Waals surface area contributed by atoms with Crippen LogP contribution < -0.4 is 15.0 Å². The van der Waals surface area contributed by atoms with Crippen LogP contribution >= 0.6 is 11.6 Å². The topological polar surface area (TPSA) is 56.6 Å². The van der Waals surface area contributed by atoms with Crippen LogP contribution in [0, 0.1) is 0 Å². The average Bonchev–Trinajstić information content (AvgIpc) is 2.71. The predicted molar refractivity (Wildman–Crippen MR) is 112 cm³/mol. The lowest BCUT2D eigenvalue weighted by Gasteiger charge is -2.29. The van der Waals surface area contributed by atoms with E-state index in [0.29, 0.717) is 10.8 Å². The van der Waals surface area contributed by atoms with Gasteiger partial charge in [0.05, 0.1) is 17.3 Å². The Labute approximate surface area is 173 Å². The Kier molecular flexibility index (Phi) is 5.53. The minimum Gasteiger partial charge on any atom is -0.487 e. The van der Waals surface area contributed by atoms with Crippen molar-refractivity contribution in [3.63, 3.8) is 0 Å². The molecule has 0 bridgehead atoms. The minimum absolute atomic E-state index is 0.180. The Morgan fingerprint density at radius 2 is 1.90 bits per heavy atom. The van der Waals surface area contributed by atoms with Gasteiger partial charge in [0.25, 0.3) is 5.56 Å². The first-order chi connectivity index (χ1) is 14.1. The van der Waals surface area contributed by atoms with Gasteiger partial charge in [-0.1, -0.05) is 11.6 Å². The number of nitrogens with zero attached hydrogens (tertiary/aromatic N) is 3. The van der Waals surface area contributed by atoms with Crippen molar-refractivity contribution in [3.05, 3.63) is 94.0 Å². The molecule has 0 unspecified atom stereocenters. The number of likely N-dealkylation sites (N-methyl/N-ethyl adjacent to an activating group) is 1. The Morgan fingerprint density at radius 3 is 2.55 bits per heavy atom. The molecular formula is C22H20ClN3O3. The highest BCUT2D eigenvalue weighted by molar-refractivity contribution is 6.30. The van der Waals surface area contributed by atoms with E-state index in [1.54, 1.807) is 35.2 Å². The maximum Gasteiger partial charge on any atom is 0.258 e. The molecule has 3 heterocycles. The first-order valence-electron chi connectivity index (χ1n) is 9.29. The summed E-state index contributed by atoms with van der Waals surface area (Å²) in [4.78, 5) is 18.8. The molecule has 7 heteroatoms. The standard InChI is InChI=1S/C22H20ClN3O3/c1-2-25-13-21(14-25)29-19-7-5-18(6-8-19)26-10-9-20(11-22(26)27)28-15-17-4-3-16(23)12-24-17/h3-13H,2,14-15H2,1H3. The van der Waals surface area contributed by atoms with Gasteiger partial charge < -0.3 is 14.4 Å². The van der Waals surface area contributed by atoms with Crippen molar-refractivity contribution in [2.45, 2.75) is 13.5 Å². The number of hydrogen-bond acceptors (Lipinski definition) is 5. The lowest BCUT2D eigenvalue weighted by Crippen LogP contribution is -2.31. The zero-order valence-electron chi connectivity index (χ0n) is 15.9. The van der Waals surface area contributed by atoms with Crippen LogP contribution in [0.1, 0.15) is 12.6 Å². The van der Waals surface area contributed by atoms with E-state index in [-0.39, 0.29) is 12.2 Å². The molecule has 0 saturated heterocycles. The first kappa shape index (κ1) is 19.1. The molecule has 2 aromatic heterocycles. The molecule has 6 nitrogen and oxygen atoms in total. The Morgan fingerprint density at radius 1 is 1.10 bits per heavy atom. The third-order valence-electron chi connectivity index (χ3n) is 4.52. The van der Waals surface area contributed by atoms with E-state index in [1.165, 1.54) is 6.07 Å². The molecule has 0 N–H and O–H groups in total. The van der Waals surface area contributed by atoms with Gasteiger partial charge >= 0.3 is 0 Å². The number of aromatic nitrogens is 2. The van der Waals surface area contributed by atoms with Gasteiger partial charge in [-0.3, -0.25) is 14.3 Å². The number of hydrogen-bond donors (Lipinski definition) is 0. The summed E-state index contributed by atoms with van der Waals surface area (Å²) in [5.41, 5.74) is 1.31. The zero-order chi connectivity index (χ0) is 20.2. The molecule has 1 aliphatic rings. The lowest BCUT2D eigenvalue weighted by molar-refractivity contribution is 0.265. The van der Waals surface area contributed by atoms with Gasteiger partial charge in [0, 0.05) is 36.9 Å². The van der Waals surface area contributed by atoms with Crippen LogP contribution in [0.5, 0.6) is 11.5 Å². The molecule has 0 aliphatic carbocycles. The molecule has 0 atom stereocenters. The fraction of sp³-hybridized carbons (Fsp3) is 0.182. The highest BCUT2D eigenvalue weighted by Crippen LogP contribution is 2.21. The number of pyridine rings is 2. The Balaban J connectivity index is 1.41. The molecule has 0 radical (unpaired) electrons. The zero-order valence-corrected chi connectivity index (χ0v) is 16.7. The molecule has 0 fully saturated rings. The van der Waals surface area contributed by atoms with Crippen LogP contribution in [0.15, 0.2) is 77.7 Å². The van der Waals surface area contributed by atoms with Crippen molar-refractivity contribution in [3.8, 4) is 17.2 Å². The molecule has 148 valence electrons. The molecule has 3 aromatic rings. The molecule has 29 heavy (non-hydrogen) atoms. The fourth-order valence-electron chi connectivity index (χ4n) is 2.88. The highest BCUT2D eigenvalue weighted by atomic mass is 35.5. The molecule has 1 aliphatic heterocycles. The third-order valence-corrected chi connectivity index (χ3v) is 4.75. The van der Waals surface area contributed by atoms with E-state index in [0.717, 1.165) is 36.0 Å². The van der Waals surface area contributed by atoms with E-state index in [1.807, 2.05) is 30.5 Å². The monoisotopic (exact) mass is 409 g/mol. The number of ether oxygens (including phenoxy) is 2. The van der Waals surface area contributed by atoms with Crippen molar-refractivity contribution in [1.29, 1.82) is 0 Å². The van der Waals surface area contributed by atoms with Crippen molar-refractivity contribution in [2.24, 2.45) is 0 Å². The quantitative estimate of drug-likeness (QED) is 0.590. The highest BCUT2D eigenvalue weighted by Gasteiger charge is 2.15. The summed E-state index contributed by atoms with van der Waals surface area (Å²) in [6.45, 7) is 4.16. The first-order valence-corrected chi connectivity index (χ1v) is 9.67. The fourth-order valence-corrected chi connectivity index (χ4v) is 2.99. The molecule has 0 spiro atoms. The van der Waals surface area contributed by atoms with Crippen molar-refractivity contribution < 1.29 is 9.47 Å². The van der Waals surface area contributed by atoms with Gasteiger partial charge in [0.2, 0.25) is 0 Å². The number of rotatable bonds is 7.